The first kappa shape index (κ1) is 9.59. The second-order valence-electron chi connectivity index (χ2n) is 4.18. The first-order valence-corrected chi connectivity index (χ1v) is 5.43. The molecule has 2 aromatic heterocycles. The van der Waals surface area contributed by atoms with E-state index >= 15 is 0 Å². The van der Waals surface area contributed by atoms with Crippen molar-refractivity contribution in [2.24, 2.45) is 5.92 Å². The summed E-state index contributed by atoms with van der Waals surface area (Å²) in [6.45, 7) is 4.09. The van der Waals surface area contributed by atoms with Gasteiger partial charge >= 0.3 is 0 Å². The molecule has 1 aliphatic rings. The fourth-order valence-corrected chi connectivity index (χ4v) is 2.03. The molecule has 1 fully saturated rings. The Kier molecular flexibility index (Phi) is 2.25. The van der Waals surface area contributed by atoms with Gasteiger partial charge in [-0.25, -0.2) is 0 Å². The van der Waals surface area contributed by atoms with Crippen molar-refractivity contribution in [2.75, 3.05) is 13.1 Å². The molecule has 5 heteroatoms. The summed E-state index contributed by atoms with van der Waals surface area (Å²) in [4.78, 5) is 4.37. The van der Waals surface area contributed by atoms with E-state index < -0.39 is 0 Å². The first-order chi connectivity index (χ1) is 7.84. The number of hydrogen-bond donors (Lipinski definition) is 1. The molecule has 0 saturated carbocycles. The highest BCUT2D eigenvalue weighted by atomic mass is 16.5. The van der Waals surface area contributed by atoms with Crippen LogP contribution in [0.1, 0.15) is 18.7 Å². The van der Waals surface area contributed by atoms with Crippen LogP contribution in [-0.2, 0) is 0 Å². The van der Waals surface area contributed by atoms with Crippen molar-refractivity contribution in [1.29, 1.82) is 0 Å². The fraction of sp³-hybridized carbons (Fsp3) is 0.455. The monoisotopic (exact) mass is 219 g/mol. The predicted octanol–water partition coefficient (Wildman–Crippen LogP) is 1.65. The van der Waals surface area contributed by atoms with E-state index in [1.807, 2.05) is 12.1 Å². The van der Waals surface area contributed by atoms with E-state index in [4.69, 9.17) is 8.94 Å². The lowest BCUT2D eigenvalue weighted by Crippen LogP contribution is -2.08. The van der Waals surface area contributed by atoms with E-state index in [9.17, 15) is 0 Å². The van der Waals surface area contributed by atoms with Gasteiger partial charge in [0.1, 0.15) is 0 Å². The van der Waals surface area contributed by atoms with E-state index in [-0.39, 0.29) is 0 Å². The number of nitrogens with one attached hydrogen (secondary N) is 1. The number of hydrogen-bond acceptors (Lipinski definition) is 5. The minimum atomic E-state index is 0.316. The van der Waals surface area contributed by atoms with Crippen LogP contribution in [0.4, 0.5) is 0 Å². The Hall–Kier alpha value is -1.62. The Balaban J connectivity index is 1.88. The summed E-state index contributed by atoms with van der Waals surface area (Å²) in [6, 6.07) is 3.63. The molecule has 2 aromatic rings. The lowest BCUT2D eigenvalue weighted by atomic mass is 9.98. The van der Waals surface area contributed by atoms with Crippen LogP contribution >= 0.6 is 0 Å². The molecule has 1 saturated heterocycles. The second-order valence-corrected chi connectivity index (χ2v) is 4.18. The van der Waals surface area contributed by atoms with Gasteiger partial charge in [-0.05, 0) is 24.6 Å². The molecule has 0 aromatic carbocycles. The van der Waals surface area contributed by atoms with Crippen LogP contribution in [0.2, 0.25) is 0 Å². The van der Waals surface area contributed by atoms with Gasteiger partial charge in [0.2, 0.25) is 11.7 Å². The average molecular weight is 219 g/mol. The van der Waals surface area contributed by atoms with Crippen LogP contribution in [0.3, 0.4) is 0 Å². The van der Waals surface area contributed by atoms with Crippen molar-refractivity contribution in [3.05, 3.63) is 24.3 Å². The van der Waals surface area contributed by atoms with Crippen LogP contribution < -0.4 is 5.32 Å². The molecule has 1 aliphatic heterocycles. The summed E-state index contributed by atoms with van der Waals surface area (Å²) in [5.41, 5.74) is 0. The van der Waals surface area contributed by atoms with Gasteiger partial charge in [-0.15, -0.1) is 0 Å². The van der Waals surface area contributed by atoms with E-state index in [0.29, 0.717) is 29.3 Å². The Morgan fingerprint density at radius 2 is 2.38 bits per heavy atom. The van der Waals surface area contributed by atoms with Crippen molar-refractivity contribution >= 4 is 0 Å². The molecule has 0 amide bonds. The molecule has 0 aliphatic carbocycles. The zero-order chi connectivity index (χ0) is 11.0. The largest absolute Gasteiger partial charge is 0.461 e. The summed E-state index contributed by atoms with van der Waals surface area (Å²) in [7, 11) is 0. The molecular formula is C11H13N3O2. The standard InChI is InChI=1S/C11H13N3O2/c1-7-5-12-6-8(7)11-13-10(14-16-11)9-3-2-4-15-9/h2-4,7-8,12H,5-6H2,1H3. The third kappa shape index (κ3) is 1.53. The molecule has 3 rings (SSSR count). The molecular weight excluding hydrogens is 206 g/mol. The van der Waals surface area contributed by atoms with Gasteiger partial charge in [-0.1, -0.05) is 12.1 Å². The maximum Gasteiger partial charge on any atom is 0.238 e. The van der Waals surface area contributed by atoms with Crippen molar-refractivity contribution in [3.8, 4) is 11.6 Å². The predicted molar refractivity (Wildman–Crippen MR) is 56.8 cm³/mol. The van der Waals surface area contributed by atoms with Crippen molar-refractivity contribution in [1.82, 2.24) is 15.5 Å². The average Bonchev–Trinajstić information content (AvgIpc) is 2.96. The zero-order valence-corrected chi connectivity index (χ0v) is 9.01. The van der Waals surface area contributed by atoms with E-state index in [1.54, 1.807) is 6.26 Å². The first-order valence-electron chi connectivity index (χ1n) is 5.43. The van der Waals surface area contributed by atoms with Gasteiger partial charge in [-0.2, -0.15) is 4.98 Å². The normalized spacial score (nSPS) is 25.1. The third-order valence-electron chi connectivity index (χ3n) is 3.02. The second kappa shape index (κ2) is 3.75. The van der Waals surface area contributed by atoms with Gasteiger partial charge < -0.3 is 14.3 Å². The van der Waals surface area contributed by atoms with Gasteiger partial charge in [0.05, 0.1) is 12.2 Å². The quantitative estimate of drug-likeness (QED) is 0.832. The number of furan rings is 1. The highest BCUT2D eigenvalue weighted by Crippen LogP contribution is 2.27. The number of rotatable bonds is 2. The van der Waals surface area contributed by atoms with Crippen LogP contribution in [0.15, 0.2) is 27.3 Å². The van der Waals surface area contributed by atoms with Crippen LogP contribution in [-0.4, -0.2) is 23.2 Å². The Bertz CT molecular complexity index is 463. The molecule has 2 atom stereocenters. The SMILES string of the molecule is CC1CNCC1c1nc(-c2ccco2)no1. The molecule has 5 nitrogen and oxygen atoms in total. The lowest BCUT2D eigenvalue weighted by Gasteiger charge is -2.06. The van der Waals surface area contributed by atoms with Gasteiger partial charge in [0.25, 0.3) is 0 Å². The molecule has 0 bridgehead atoms. The summed E-state index contributed by atoms with van der Waals surface area (Å²) in [6.07, 6.45) is 1.60. The third-order valence-corrected chi connectivity index (χ3v) is 3.02. The Morgan fingerprint density at radius 3 is 3.06 bits per heavy atom. The smallest absolute Gasteiger partial charge is 0.238 e. The highest BCUT2D eigenvalue weighted by Gasteiger charge is 2.29. The molecule has 2 unspecified atom stereocenters. The number of nitrogens with zero attached hydrogens (tertiary/aromatic N) is 2. The van der Waals surface area contributed by atoms with Gasteiger partial charge in [0.15, 0.2) is 5.76 Å². The van der Waals surface area contributed by atoms with Crippen molar-refractivity contribution in [3.63, 3.8) is 0 Å². The Morgan fingerprint density at radius 1 is 1.44 bits per heavy atom. The van der Waals surface area contributed by atoms with E-state index in [0.717, 1.165) is 13.1 Å². The van der Waals surface area contributed by atoms with E-state index in [1.165, 1.54) is 0 Å². The van der Waals surface area contributed by atoms with Gasteiger partial charge in [-0.3, -0.25) is 0 Å². The Labute approximate surface area is 92.8 Å². The summed E-state index contributed by atoms with van der Waals surface area (Å²) in [5, 5.41) is 7.24. The van der Waals surface area contributed by atoms with E-state index in [2.05, 4.69) is 22.4 Å². The molecule has 1 N–H and O–H groups in total. The topological polar surface area (TPSA) is 64.1 Å². The maximum atomic E-state index is 5.28. The summed E-state index contributed by atoms with van der Waals surface area (Å²) < 4.78 is 10.5. The minimum absolute atomic E-state index is 0.316. The molecule has 16 heavy (non-hydrogen) atoms. The fourth-order valence-electron chi connectivity index (χ4n) is 2.03. The van der Waals surface area contributed by atoms with Crippen molar-refractivity contribution in [2.45, 2.75) is 12.8 Å². The van der Waals surface area contributed by atoms with Crippen LogP contribution in [0, 0.1) is 5.92 Å². The zero-order valence-electron chi connectivity index (χ0n) is 9.01. The minimum Gasteiger partial charge on any atom is -0.461 e. The summed E-state index contributed by atoms with van der Waals surface area (Å²) >= 11 is 0. The van der Waals surface area contributed by atoms with Crippen LogP contribution in [0.5, 0.6) is 0 Å². The molecule has 3 heterocycles. The van der Waals surface area contributed by atoms with Crippen LogP contribution in [0.25, 0.3) is 11.6 Å². The van der Waals surface area contributed by atoms with Crippen molar-refractivity contribution < 1.29 is 8.94 Å². The maximum absolute atomic E-state index is 5.28. The highest BCUT2D eigenvalue weighted by molar-refractivity contribution is 5.44. The summed E-state index contributed by atoms with van der Waals surface area (Å²) in [5.74, 6) is 2.72. The number of aromatic nitrogens is 2. The molecule has 0 radical (unpaired) electrons. The molecule has 0 spiro atoms. The van der Waals surface area contributed by atoms with Gasteiger partial charge in [0, 0.05) is 6.54 Å². The molecule has 84 valence electrons. The lowest BCUT2D eigenvalue weighted by molar-refractivity contribution is 0.339.